The highest BCUT2D eigenvalue weighted by Crippen LogP contribution is 2.30. The topological polar surface area (TPSA) is 112 Å². The first kappa shape index (κ1) is 18.1. The highest BCUT2D eigenvalue weighted by molar-refractivity contribution is 7.17. The van der Waals surface area contributed by atoms with E-state index in [2.05, 4.69) is 10.3 Å². The summed E-state index contributed by atoms with van der Waals surface area (Å²) in [5, 5.41) is 14.6. The molecule has 2 aromatic carbocycles. The number of amides is 1. The quantitative estimate of drug-likeness (QED) is 0.494. The van der Waals surface area contributed by atoms with Crippen molar-refractivity contribution in [2.24, 2.45) is 0 Å². The van der Waals surface area contributed by atoms with Gasteiger partial charge < -0.3 is 5.32 Å². The fraction of sp³-hybridized carbons (Fsp3) is 0. The number of nitrogens with two attached hydrogens (primary N) is 1. The van der Waals surface area contributed by atoms with Crippen molar-refractivity contribution in [2.45, 2.75) is 0 Å². The number of aromatic nitrogens is 1. The molecule has 0 unspecified atom stereocenters. The number of H-pyrrole nitrogens is 1. The number of hydrogen-bond acceptors (Lipinski definition) is 5. The number of anilines is 2. The maximum Gasteiger partial charge on any atom is 0.330 e. The van der Waals surface area contributed by atoms with Gasteiger partial charge in [-0.2, -0.15) is 0 Å². The molecule has 0 saturated carbocycles. The number of nitrogens with one attached hydrogen (secondary N) is 2. The van der Waals surface area contributed by atoms with E-state index in [1.807, 2.05) is 0 Å². The summed E-state index contributed by atoms with van der Waals surface area (Å²) < 4.78 is 0. The molecule has 3 rings (SSSR count). The van der Waals surface area contributed by atoms with Gasteiger partial charge in [-0.1, -0.05) is 23.2 Å². The third-order valence-electron chi connectivity index (χ3n) is 3.44. The minimum absolute atomic E-state index is 0.0475. The largest absolute Gasteiger partial charge is 0.330 e. The number of halogens is 2. The van der Waals surface area contributed by atoms with Crippen LogP contribution in [0, 0.1) is 10.1 Å². The molecule has 0 aliphatic heterocycles. The van der Waals surface area contributed by atoms with Gasteiger partial charge in [0.2, 0.25) is 0 Å². The Bertz CT molecular complexity index is 1010. The molecule has 1 amide bonds. The average Bonchev–Trinajstić information content (AvgIpc) is 3.00. The molecular formula is C16H11Cl2N4O3S+. The standard InChI is InChI=1S/C16H10Cl2N4O3S/c17-9-3-6-11(18)12(7-9)20-15(23)14-13(21-16(19)26-14)8-1-4-10(5-2-8)22(24)25/h1-7H,(H2,19,21)(H,20,23)/p+1. The molecule has 7 nitrogen and oxygen atoms in total. The Labute approximate surface area is 161 Å². The zero-order valence-corrected chi connectivity index (χ0v) is 15.3. The number of carbonyl (C=O) groups excluding carboxylic acids is 1. The zero-order valence-electron chi connectivity index (χ0n) is 13.0. The summed E-state index contributed by atoms with van der Waals surface area (Å²) in [5.41, 5.74) is 7.17. The van der Waals surface area contributed by atoms with Crippen molar-refractivity contribution in [3.63, 3.8) is 0 Å². The van der Waals surface area contributed by atoms with Crippen molar-refractivity contribution in [3.05, 3.63) is 67.5 Å². The summed E-state index contributed by atoms with van der Waals surface area (Å²) in [6.45, 7) is 0. The van der Waals surface area contributed by atoms with Crippen LogP contribution >= 0.6 is 34.5 Å². The van der Waals surface area contributed by atoms with E-state index in [-0.39, 0.29) is 5.69 Å². The van der Waals surface area contributed by atoms with Crippen LogP contribution < -0.4 is 16.0 Å². The summed E-state index contributed by atoms with van der Waals surface area (Å²) >= 11 is 13.1. The molecular weight excluding hydrogens is 399 g/mol. The molecule has 0 atom stereocenters. The minimum atomic E-state index is -0.496. The van der Waals surface area contributed by atoms with E-state index >= 15 is 0 Å². The predicted molar refractivity (Wildman–Crippen MR) is 102 cm³/mol. The molecule has 0 radical (unpaired) electrons. The van der Waals surface area contributed by atoms with Crippen LogP contribution in [0.15, 0.2) is 42.5 Å². The molecule has 3 aromatic rings. The lowest BCUT2D eigenvalue weighted by atomic mass is 10.1. The molecule has 1 heterocycles. The summed E-state index contributed by atoms with van der Waals surface area (Å²) in [6, 6.07) is 10.5. The smallest absolute Gasteiger partial charge is 0.320 e. The Kier molecular flexibility index (Phi) is 5.08. The van der Waals surface area contributed by atoms with Crippen LogP contribution in [0.5, 0.6) is 0 Å². The first-order valence-corrected chi connectivity index (χ1v) is 8.75. The Hall–Kier alpha value is -2.68. The van der Waals surface area contributed by atoms with Crippen molar-refractivity contribution in [2.75, 3.05) is 11.1 Å². The van der Waals surface area contributed by atoms with Crippen LogP contribution in [-0.2, 0) is 0 Å². The number of carbonyl (C=O) groups is 1. The highest BCUT2D eigenvalue weighted by Gasteiger charge is 2.23. The third kappa shape index (κ3) is 3.77. The lowest BCUT2D eigenvalue weighted by Gasteiger charge is -2.07. The van der Waals surface area contributed by atoms with Crippen LogP contribution in [0.25, 0.3) is 11.3 Å². The van der Waals surface area contributed by atoms with E-state index in [4.69, 9.17) is 28.9 Å². The number of rotatable bonds is 4. The number of benzene rings is 2. The van der Waals surface area contributed by atoms with E-state index in [0.29, 0.717) is 37.0 Å². The number of nitro benzene ring substituents is 1. The number of thiazole rings is 1. The second kappa shape index (κ2) is 7.28. The van der Waals surface area contributed by atoms with Gasteiger partial charge in [0.1, 0.15) is 4.88 Å². The van der Waals surface area contributed by atoms with Gasteiger partial charge in [0.25, 0.3) is 11.6 Å². The van der Waals surface area contributed by atoms with Crippen LogP contribution in [0.1, 0.15) is 9.67 Å². The Balaban J connectivity index is 1.94. The first-order chi connectivity index (χ1) is 12.3. The number of nitrogen functional groups attached to an aromatic ring is 1. The van der Waals surface area contributed by atoms with Gasteiger partial charge in [-0.25, -0.2) is 4.98 Å². The van der Waals surface area contributed by atoms with Gasteiger partial charge in [0, 0.05) is 22.7 Å². The van der Waals surface area contributed by atoms with Crippen molar-refractivity contribution < 1.29 is 14.7 Å². The van der Waals surface area contributed by atoms with E-state index < -0.39 is 10.8 Å². The second-order valence-corrected chi connectivity index (χ2v) is 7.07. The third-order valence-corrected chi connectivity index (χ3v) is 4.92. The van der Waals surface area contributed by atoms with Gasteiger partial charge in [-0.05, 0) is 41.7 Å². The van der Waals surface area contributed by atoms with E-state index in [1.165, 1.54) is 18.2 Å². The van der Waals surface area contributed by atoms with Gasteiger partial charge >= 0.3 is 5.13 Å². The molecule has 10 heteroatoms. The van der Waals surface area contributed by atoms with Crippen molar-refractivity contribution in [1.29, 1.82) is 0 Å². The van der Waals surface area contributed by atoms with Crippen LogP contribution in [0.2, 0.25) is 10.0 Å². The molecule has 4 N–H and O–H groups in total. The molecule has 1 aromatic heterocycles. The first-order valence-electron chi connectivity index (χ1n) is 7.18. The van der Waals surface area contributed by atoms with Gasteiger partial charge in [-0.3, -0.25) is 20.6 Å². The van der Waals surface area contributed by atoms with Crippen LogP contribution in [-0.4, -0.2) is 10.8 Å². The molecule has 0 aliphatic carbocycles. The predicted octanol–water partition coefficient (Wildman–Crippen LogP) is 4.28. The van der Waals surface area contributed by atoms with Gasteiger partial charge in [0.15, 0.2) is 5.69 Å². The fourth-order valence-corrected chi connectivity index (χ4v) is 3.38. The lowest BCUT2D eigenvalue weighted by molar-refractivity contribution is -0.384. The fourth-order valence-electron chi connectivity index (χ4n) is 2.25. The molecule has 0 spiro atoms. The number of nitro groups is 1. The lowest BCUT2D eigenvalue weighted by Crippen LogP contribution is -2.14. The molecule has 0 aliphatic rings. The van der Waals surface area contributed by atoms with Gasteiger partial charge in [0.05, 0.1) is 15.6 Å². The van der Waals surface area contributed by atoms with Crippen LogP contribution in [0.4, 0.5) is 16.5 Å². The molecule has 0 saturated heterocycles. The Morgan fingerprint density at radius 2 is 1.88 bits per heavy atom. The average molecular weight is 410 g/mol. The van der Waals surface area contributed by atoms with E-state index in [9.17, 15) is 14.9 Å². The van der Waals surface area contributed by atoms with Crippen molar-refractivity contribution >= 4 is 57.0 Å². The molecule has 0 bridgehead atoms. The molecule has 26 heavy (non-hydrogen) atoms. The second-order valence-electron chi connectivity index (χ2n) is 5.18. The maximum absolute atomic E-state index is 12.7. The van der Waals surface area contributed by atoms with Crippen LogP contribution in [0.3, 0.4) is 0 Å². The maximum atomic E-state index is 12.7. The highest BCUT2D eigenvalue weighted by atomic mass is 35.5. The summed E-state index contributed by atoms with van der Waals surface area (Å²) in [4.78, 5) is 26.2. The van der Waals surface area contributed by atoms with E-state index in [0.717, 1.165) is 11.3 Å². The normalized spacial score (nSPS) is 10.5. The SMILES string of the molecule is Nc1[nH+]c(-c2ccc([N+](=O)[O-])cc2)c(C(=O)Nc2cc(Cl)ccc2Cl)s1. The Morgan fingerprint density at radius 1 is 1.19 bits per heavy atom. The molecule has 0 fully saturated rings. The number of aromatic amines is 1. The summed E-state index contributed by atoms with van der Waals surface area (Å²) in [7, 11) is 0. The zero-order chi connectivity index (χ0) is 18.8. The summed E-state index contributed by atoms with van der Waals surface area (Å²) in [5.74, 6) is -0.430. The molecule has 132 valence electrons. The minimum Gasteiger partial charge on any atom is -0.320 e. The summed E-state index contributed by atoms with van der Waals surface area (Å²) in [6.07, 6.45) is 0. The Morgan fingerprint density at radius 3 is 2.54 bits per heavy atom. The number of nitrogens with zero attached hydrogens (tertiary/aromatic N) is 1. The number of non-ortho nitro benzene ring substituents is 1. The monoisotopic (exact) mass is 409 g/mol. The van der Waals surface area contributed by atoms with Gasteiger partial charge in [-0.15, -0.1) is 0 Å². The van der Waals surface area contributed by atoms with Crippen molar-refractivity contribution in [3.8, 4) is 11.3 Å². The number of hydrogen-bond donors (Lipinski definition) is 2. The van der Waals surface area contributed by atoms with Crippen molar-refractivity contribution in [1.82, 2.24) is 0 Å². The van der Waals surface area contributed by atoms with E-state index in [1.54, 1.807) is 24.3 Å².